The highest BCUT2D eigenvalue weighted by Crippen LogP contribution is 2.20. The number of fused-ring (bicyclic) bond motifs is 5. The Hall–Kier alpha value is -2.96. The normalized spacial score (nSPS) is 11.5. The average Bonchev–Trinajstić information content (AvgIpc) is 3.03. The van der Waals surface area contributed by atoms with Gasteiger partial charge in [0.1, 0.15) is 5.52 Å². The molecule has 1 aromatic carbocycles. The molecule has 0 N–H and O–H groups in total. The molecule has 21 heavy (non-hydrogen) atoms. The molecule has 0 fully saturated rings. The van der Waals surface area contributed by atoms with Crippen LogP contribution in [0.2, 0.25) is 0 Å². The van der Waals surface area contributed by atoms with Crippen LogP contribution in [0.5, 0.6) is 0 Å². The molecule has 0 spiro atoms. The van der Waals surface area contributed by atoms with Crippen LogP contribution < -0.4 is 4.63 Å². The maximum absolute atomic E-state index is 11.9. The predicted octanol–water partition coefficient (Wildman–Crippen LogP) is 0.746. The molecule has 0 atom stereocenters. The molecule has 4 rings (SSSR count). The van der Waals surface area contributed by atoms with Gasteiger partial charge in [-0.2, -0.15) is 0 Å². The number of ether oxygens (including phenoxy) is 1. The van der Waals surface area contributed by atoms with E-state index in [0.717, 1.165) is 22.2 Å². The summed E-state index contributed by atoms with van der Waals surface area (Å²) in [5.74, 6) is -0.354. The van der Waals surface area contributed by atoms with Crippen molar-refractivity contribution in [3.63, 3.8) is 0 Å². The highest BCUT2D eigenvalue weighted by Gasteiger charge is 2.24. The summed E-state index contributed by atoms with van der Waals surface area (Å²) in [6, 6.07) is 5.52. The smallest absolute Gasteiger partial charge is 0.338 e. The summed E-state index contributed by atoms with van der Waals surface area (Å²) in [5, 5.41) is 0.813. The van der Waals surface area contributed by atoms with E-state index in [1.54, 1.807) is 18.5 Å². The molecule has 4 aromatic rings. The molecule has 0 radical (unpaired) electrons. The first-order valence-electron chi connectivity index (χ1n) is 6.42. The lowest BCUT2D eigenvalue weighted by Crippen LogP contribution is -2.33. The quantitative estimate of drug-likeness (QED) is 0.381. The topological polar surface area (TPSA) is 65.5 Å². The van der Waals surface area contributed by atoms with Crippen molar-refractivity contribution in [2.45, 2.75) is 0 Å². The van der Waals surface area contributed by atoms with Crippen molar-refractivity contribution in [3.8, 4) is 0 Å². The molecule has 7 nitrogen and oxygen atoms in total. The van der Waals surface area contributed by atoms with Crippen LogP contribution in [0.3, 0.4) is 0 Å². The maximum atomic E-state index is 11.9. The Morgan fingerprint density at radius 2 is 2.00 bits per heavy atom. The van der Waals surface area contributed by atoms with Crippen LogP contribution in [0, 0.1) is 0 Å². The van der Waals surface area contributed by atoms with Gasteiger partial charge in [0.2, 0.25) is 17.5 Å². The van der Waals surface area contributed by atoms with Gasteiger partial charge in [-0.05, 0) is 12.1 Å². The maximum Gasteiger partial charge on any atom is 0.338 e. The number of rotatable bonds is 1. The van der Waals surface area contributed by atoms with Crippen molar-refractivity contribution in [2.75, 3.05) is 7.11 Å². The van der Waals surface area contributed by atoms with Crippen molar-refractivity contribution in [1.29, 1.82) is 0 Å². The zero-order valence-corrected chi connectivity index (χ0v) is 11.5. The number of benzene rings is 1. The molecule has 0 saturated carbocycles. The van der Waals surface area contributed by atoms with Gasteiger partial charge in [-0.25, -0.2) is 14.8 Å². The number of nitrogens with zero attached hydrogens (tertiary/aromatic N) is 5. The van der Waals surface area contributed by atoms with Crippen LogP contribution >= 0.6 is 0 Å². The number of carbonyl (C=O) groups excluding carboxylic acids is 1. The number of hydrogen-bond donors (Lipinski definition) is 0. The third-order valence-electron chi connectivity index (χ3n) is 3.64. The number of esters is 1. The van der Waals surface area contributed by atoms with Crippen LogP contribution in [0.15, 0.2) is 36.8 Å². The molecule has 0 bridgehead atoms. The van der Waals surface area contributed by atoms with Gasteiger partial charge in [-0.15, -0.1) is 4.68 Å². The lowest BCUT2D eigenvalue weighted by molar-refractivity contribution is -0.692. The van der Waals surface area contributed by atoms with Gasteiger partial charge < -0.3 is 4.74 Å². The monoisotopic (exact) mass is 282 g/mol. The Kier molecular flexibility index (Phi) is 2.26. The Morgan fingerprint density at radius 3 is 2.76 bits per heavy atom. The molecule has 7 heteroatoms. The van der Waals surface area contributed by atoms with E-state index in [0.29, 0.717) is 5.56 Å². The summed E-state index contributed by atoms with van der Waals surface area (Å²) in [6.45, 7) is 0. The van der Waals surface area contributed by atoms with E-state index in [1.807, 2.05) is 39.2 Å². The van der Waals surface area contributed by atoms with Crippen molar-refractivity contribution in [3.05, 3.63) is 42.4 Å². The van der Waals surface area contributed by atoms with E-state index in [4.69, 9.17) is 4.74 Å². The minimum absolute atomic E-state index is 0.354. The minimum atomic E-state index is -0.354. The highest BCUT2D eigenvalue weighted by molar-refractivity contribution is 6.03. The SMILES string of the molecule is COC(=O)c1cccc2c1c[n+]1n(C)c3nccnc3n21. The molecule has 0 aliphatic heterocycles. The van der Waals surface area contributed by atoms with Crippen LogP contribution in [0.25, 0.3) is 22.2 Å². The zero-order valence-electron chi connectivity index (χ0n) is 11.5. The highest BCUT2D eigenvalue weighted by atomic mass is 16.5. The molecule has 104 valence electrons. The van der Waals surface area contributed by atoms with Crippen LogP contribution in [0.1, 0.15) is 10.4 Å². The predicted molar refractivity (Wildman–Crippen MR) is 74.0 cm³/mol. The van der Waals surface area contributed by atoms with Crippen molar-refractivity contribution < 1.29 is 14.2 Å². The fraction of sp³-hybridized carbons (Fsp3) is 0.143. The zero-order chi connectivity index (χ0) is 14.6. The number of hydrogen-bond acceptors (Lipinski definition) is 4. The fourth-order valence-electron chi connectivity index (χ4n) is 2.67. The summed E-state index contributed by atoms with van der Waals surface area (Å²) in [5.41, 5.74) is 2.91. The van der Waals surface area contributed by atoms with E-state index in [-0.39, 0.29) is 5.97 Å². The van der Waals surface area contributed by atoms with E-state index >= 15 is 0 Å². The molecular formula is C14H12N5O2+. The van der Waals surface area contributed by atoms with E-state index in [2.05, 4.69) is 9.97 Å². The van der Waals surface area contributed by atoms with Gasteiger partial charge >= 0.3 is 5.97 Å². The third-order valence-corrected chi connectivity index (χ3v) is 3.64. The first-order valence-corrected chi connectivity index (χ1v) is 6.42. The molecule has 3 aromatic heterocycles. The molecule has 0 amide bonds. The lowest BCUT2D eigenvalue weighted by atomic mass is 10.1. The molecule has 0 unspecified atom stereocenters. The van der Waals surface area contributed by atoms with Gasteiger partial charge in [-0.1, -0.05) is 10.6 Å². The Bertz CT molecular complexity index is 1010. The Labute approximate surface area is 119 Å². The lowest BCUT2D eigenvalue weighted by Gasteiger charge is -1.98. The van der Waals surface area contributed by atoms with Gasteiger partial charge in [0.15, 0.2) is 0 Å². The van der Waals surface area contributed by atoms with Gasteiger partial charge in [0, 0.05) is 17.0 Å². The second kappa shape index (κ2) is 4.02. The van der Waals surface area contributed by atoms with Gasteiger partial charge in [0.25, 0.3) is 0 Å². The first kappa shape index (κ1) is 11.8. The minimum Gasteiger partial charge on any atom is -0.465 e. The molecule has 3 heterocycles. The standard InChI is InChI=1S/C14H12N5O2/c1-17-12-13(16-7-6-15-12)19-11-5-3-4-9(14(20)21-2)10(11)8-18(17)19/h3-8H,1-2H3/q+1. The molecule has 0 aliphatic carbocycles. The van der Waals surface area contributed by atoms with Gasteiger partial charge in [0.05, 0.1) is 25.1 Å². The second-order valence-corrected chi connectivity index (χ2v) is 4.72. The van der Waals surface area contributed by atoms with Crippen LogP contribution in [0.4, 0.5) is 0 Å². The van der Waals surface area contributed by atoms with Crippen LogP contribution in [-0.2, 0) is 11.8 Å². The summed E-state index contributed by atoms with van der Waals surface area (Å²) in [4.78, 5) is 20.6. The summed E-state index contributed by atoms with van der Waals surface area (Å²) >= 11 is 0. The molecular weight excluding hydrogens is 270 g/mol. The summed E-state index contributed by atoms with van der Waals surface area (Å²) in [6.07, 6.45) is 5.19. The van der Waals surface area contributed by atoms with Crippen molar-refractivity contribution >= 4 is 28.2 Å². The Morgan fingerprint density at radius 1 is 1.24 bits per heavy atom. The number of methoxy groups -OCH3 is 1. The Balaban J connectivity index is 2.23. The van der Waals surface area contributed by atoms with E-state index in [9.17, 15) is 4.79 Å². The molecule has 0 aliphatic rings. The van der Waals surface area contributed by atoms with E-state index in [1.165, 1.54) is 7.11 Å². The van der Waals surface area contributed by atoms with Crippen molar-refractivity contribution in [2.24, 2.45) is 7.05 Å². The van der Waals surface area contributed by atoms with E-state index < -0.39 is 0 Å². The average molecular weight is 282 g/mol. The van der Waals surface area contributed by atoms with Crippen LogP contribution in [-0.4, -0.2) is 32.2 Å². The summed E-state index contributed by atoms with van der Waals surface area (Å²) < 4.78 is 10.5. The summed E-state index contributed by atoms with van der Waals surface area (Å²) in [7, 11) is 3.28. The third kappa shape index (κ3) is 1.42. The number of aryl methyl sites for hydroxylation is 1. The second-order valence-electron chi connectivity index (χ2n) is 4.72. The number of carbonyl (C=O) groups is 1. The first-order chi connectivity index (χ1) is 10.2. The largest absolute Gasteiger partial charge is 0.465 e. The molecule has 0 saturated heterocycles. The van der Waals surface area contributed by atoms with Gasteiger partial charge in [-0.3, -0.25) is 0 Å². The van der Waals surface area contributed by atoms with Crippen molar-refractivity contribution in [1.82, 2.24) is 19.2 Å². The number of aromatic nitrogens is 5. The fourth-order valence-corrected chi connectivity index (χ4v) is 2.67.